The second-order valence-corrected chi connectivity index (χ2v) is 8.34. The van der Waals surface area contributed by atoms with Gasteiger partial charge < -0.3 is 14.6 Å². The number of benzene rings is 1. The van der Waals surface area contributed by atoms with E-state index < -0.39 is 16.9 Å². The molecule has 1 aromatic carbocycles. The summed E-state index contributed by atoms with van der Waals surface area (Å²) < 4.78 is 13.1. The molecule has 0 spiro atoms. The highest BCUT2D eigenvalue weighted by molar-refractivity contribution is 6.30. The van der Waals surface area contributed by atoms with Gasteiger partial charge in [0.05, 0.1) is 11.2 Å². The number of carbonyl (C=O) groups is 1. The normalized spacial score (nSPS) is 21.0. The third kappa shape index (κ3) is 3.04. The molecule has 1 saturated heterocycles. The molecule has 29 heavy (non-hydrogen) atoms. The summed E-state index contributed by atoms with van der Waals surface area (Å²) in [5.74, 6) is -1.25. The van der Waals surface area contributed by atoms with Crippen LogP contribution in [0.1, 0.15) is 42.2 Å². The number of aromatic carboxylic acids is 1. The van der Waals surface area contributed by atoms with Crippen molar-refractivity contribution in [3.05, 3.63) is 56.8 Å². The highest BCUT2D eigenvalue weighted by Gasteiger charge is 2.59. The van der Waals surface area contributed by atoms with Crippen LogP contribution in [0.3, 0.4) is 0 Å². The van der Waals surface area contributed by atoms with Gasteiger partial charge in [0, 0.05) is 43.2 Å². The summed E-state index contributed by atoms with van der Waals surface area (Å²) in [6.45, 7) is 5.29. The van der Waals surface area contributed by atoms with Crippen molar-refractivity contribution in [3.8, 4) is 11.3 Å². The van der Waals surface area contributed by atoms with Gasteiger partial charge in [0.1, 0.15) is 17.7 Å². The molecule has 8 heteroatoms. The first-order chi connectivity index (χ1) is 13.8. The molecule has 0 aliphatic carbocycles. The molecule has 1 unspecified atom stereocenters. The molecule has 2 atom stereocenters. The van der Waals surface area contributed by atoms with Gasteiger partial charge in [-0.2, -0.15) is 0 Å². The third-order valence-corrected chi connectivity index (χ3v) is 5.97. The molecule has 7 nitrogen and oxygen atoms in total. The van der Waals surface area contributed by atoms with E-state index in [0.29, 0.717) is 23.9 Å². The molecule has 2 aromatic rings. The van der Waals surface area contributed by atoms with Gasteiger partial charge in [-0.05, 0) is 38.0 Å². The predicted molar refractivity (Wildman–Crippen MR) is 109 cm³/mol. The van der Waals surface area contributed by atoms with Crippen molar-refractivity contribution in [2.75, 3.05) is 25.3 Å². The van der Waals surface area contributed by atoms with Crippen LogP contribution in [-0.2, 0) is 9.47 Å². The Morgan fingerprint density at radius 1 is 1.28 bits per heavy atom. The van der Waals surface area contributed by atoms with Gasteiger partial charge in [-0.25, -0.2) is 4.79 Å². The monoisotopic (exact) mass is 418 g/mol. The second kappa shape index (κ2) is 7.16. The molecule has 0 amide bonds. The van der Waals surface area contributed by atoms with E-state index in [4.69, 9.17) is 21.1 Å². The van der Waals surface area contributed by atoms with Gasteiger partial charge in [-0.3, -0.25) is 14.5 Å². The minimum atomic E-state index is -1.25. The Bertz CT molecular complexity index is 1030. The zero-order chi connectivity index (χ0) is 20.9. The van der Waals surface area contributed by atoms with Crippen LogP contribution in [0.5, 0.6) is 0 Å². The molecule has 3 heterocycles. The molecule has 1 fully saturated rings. The molecule has 0 radical (unpaired) electrons. The summed E-state index contributed by atoms with van der Waals surface area (Å²) >= 11 is 6.24. The lowest BCUT2D eigenvalue weighted by Crippen LogP contribution is -2.75. The molecule has 0 bridgehead atoms. The average molecular weight is 419 g/mol. The van der Waals surface area contributed by atoms with E-state index in [1.165, 1.54) is 12.3 Å². The van der Waals surface area contributed by atoms with Gasteiger partial charge in [0.15, 0.2) is 5.43 Å². The summed E-state index contributed by atoms with van der Waals surface area (Å²) in [5, 5.41) is 12.1. The summed E-state index contributed by atoms with van der Waals surface area (Å²) in [4.78, 5) is 23.9. The minimum absolute atomic E-state index is 0.111. The second-order valence-electron chi connectivity index (χ2n) is 7.90. The molecular formula is C21H23ClN2O5. The molecule has 1 N–H and O–H groups in total. The first kappa shape index (κ1) is 19.9. The van der Waals surface area contributed by atoms with E-state index in [0.717, 1.165) is 17.5 Å². The fourth-order valence-corrected chi connectivity index (χ4v) is 4.58. The number of fused-ring (bicyclic) bond motifs is 6. The van der Waals surface area contributed by atoms with Crippen molar-refractivity contribution in [3.63, 3.8) is 0 Å². The number of carboxylic acids is 1. The van der Waals surface area contributed by atoms with Crippen molar-refractivity contribution in [2.45, 2.75) is 38.0 Å². The van der Waals surface area contributed by atoms with Gasteiger partial charge in [0.2, 0.25) is 0 Å². The zero-order valence-corrected chi connectivity index (χ0v) is 17.3. The van der Waals surface area contributed by atoms with E-state index in [1.54, 1.807) is 11.8 Å². The average Bonchev–Trinajstić information content (AvgIpc) is 2.66. The minimum Gasteiger partial charge on any atom is -0.477 e. The highest BCUT2D eigenvalue weighted by Crippen LogP contribution is 2.52. The highest BCUT2D eigenvalue weighted by atomic mass is 35.5. The number of rotatable bonds is 6. The van der Waals surface area contributed by atoms with Crippen molar-refractivity contribution in [2.24, 2.45) is 0 Å². The lowest BCUT2D eigenvalue weighted by atomic mass is 9.73. The largest absolute Gasteiger partial charge is 0.477 e. The Balaban J connectivity index is 1.83. The Morgan fingerprint density at radius 3 is 2.72 bits per heavy atom. The van der Waals surface area contributed by atoms with Crippen LogP contribution < -0.4 is 10.4 Å². The maximum absolute atomic E-state index is 12.4. The molecule has 154 valence electrons. The van der Waals surface area contributed by atoms with Gasteiger partial charge in [-0.15, -0.1) is 0 Å². The van der Waals surface area contributed by atoms with E-state index in [-0.39, 0.29) is 17.7 Å². The number of hydrogen-bond donors (Lipinski definition) is 1. The van der Waals surface area contributed by atoms with Crippen LogP contribution in [0.25, 0.3) is 11.3 Å². The smallest absolute Gasteiger partial charge is 0.341 e. The van der Waals surface area contributed by atoms with Gasteiger partial charge in [0.25, 0.3) is 0 Å². The number of aromatic nitrogens is 1. The maximum atomic E-state index is 12.4. The lowest BCUT2D eigenvalue weighted by molar-refractivity contribution is -0.0891. The van der Waals surface area contributed by atoms with Gasteiger partial charge >= 0.3 is 5.97 Å². The number of halogens is 1. The summed E-state index contributed by atoms with van der Waals surface area (Å²) in [5.41, 5.74) is 1.24. The van der Waals surface area contributed by atoms with Gasteiger partial charge in [-0.1, -0.05) is 17.7 Å². The number of hydrogen-bond acceptors (Lipinski definition) is 5. The molecular weight excluding hydrogens is 396 g/mol. The SMILES string of the molecule is COCCCO[C@H]1C2c3ccc(Cl)cc3-c3cc(=O)c(C(=O)O)cn3N2C1(C)C. The molecule has 4 rings (SSSR count). The van der Waals surface area contributed by atoms with Crippen molar-refractivity contribution in [1.82, 2.24) is 4.68 Å². The standard InChI is InChI=1S/C21H23ClN2O5/c1-21(2)19(29-8-4-7-28-3)18-13-6-5-12(22)9-14(13)16-10-17(25)15(20(26)27)11-23(16)24(18)21/h5-6,9-11,18-19H,4,7-8H2,1-3H3,(H,26,27)/t18?,19-/m0/s1. The van der Waals surface area contributed by atoms with E-state index in [9.17, 15) is 14.7 Å². The summed E-state index contributed by atoms with van der Waals surface area (Å²) in [6, 6.07) is 6.85. The Hall–Kier alpha value is -2.35. The fraction of sp³-hybridized carbons (Fsp3) is 0.429. The summed E-state index contributed by atoms with van der Waals surface area (Å²) in [7, 11) is 1.66. The Kier molecular flexibility index (Phi) is 4.93. The van der Waals surface area contributed by atoms with Crippen LogP contribution >= 0.6 is 11.6 Å². The van der Waals surface area contributed by atoms with Crippen LogP contribution in [0, 0.1) is 0 Å². The fourth-order valence-electron chi connectivity index (χ4n) is 4.41. The Labute approximate surface area is 173 Å². The molecule has 1 aromatic heterocycles. The van der Waals surface area contributed by atoms with Crippen molar-refractivity contribution < 1.29 is 19.4 Å². The van der Waals surface area contributed by atoms with Crippen LogP contribution in [-0.4, -0.2) is 47.7 Å². The van der Waals surface area contributed by atoms with E-state index >= 15 is 0 Å². The van der Waals surface area contributed by atoms with E-state index in [2.05, 4.69) is 5.01 Å². The zero-order valence-electron chi connectivity index (χ0n) is 16.5. The van der Waals surface area contributed by atoms with Crippen molar-refractivity contribution >= 4 is 17.6 Å². The molecule has 2 aliphatic rings. The first-order valence-electron chi connectivity index (χ1n) is 9.47. The van der Waals surface area contributed by atoms with Crippen molar-refractivity contribution in [1.29, 1.82) is 0 Å². The van der Waals surface area contributed by atoms with Crippen LogP contribution in [0.2, 0.25) is 5.02 Å². The molecule has 2 aliphatic heterocycles. The Morgan fingerprint density at radius 2 is 2.03 bits per heavy atom. The number of nitrogens with zero attached hydrogens (tertiary/aromatic N) is 2. The predicted octanol–water partition coefficient (Wildman–Crippen LogP) is 3.07. The maximum Gasteiger partial charge on any atom is 0.341 e. The number of ether oxygens (including phenoxy) is 2. The molecule has 0 saturated carbocycles. The summed E-state index contributed by atoms with van der Waals surface area (Å²) in [6.07, 6.45) is 2.08. The number of methoxy groups -OCH3 is 1. The van der Waals surface area contributed by atoms with Crippen LogP contribution in [0.15, 0.2) is 35.3 Å². The quantitative estimate of drug-likeness (QED) is 0.726. The first-order valence-corrected chi connectivity index (χ1v) is 9.85. The third-order valence-electron chi connectivity index (χ3n) is 5.73. The number of pyridine rings is 1. The lowest BCUT2D eigenvalue weighted by Gasteiger charge is -2.64. The number of carboxylic acid groups (broad SMARTS) is 1. The van der Waals surface area contributed by atoms with Crippen LogP contribution in [0.4, 0.5) is 0 Å². The van der Waals surface area contributed by atoms with E-state index in [1.807, 2.05) is 32.0 Å². The topological polar surface area (TPSA) is 81.0 Å².